The average Bonchev–Trinajstić information content (AvgIpc) is 2.48. The van der Waals surface area contributed by atoms with E-state index in [-0.39, 0.29) is 11.9 Å². The zero-order valence-corrected chi connectivity index (χ0v) is 12.8. The number of nitrogens with one attached hydrogen (secondary N) is 2. The molecule has 1 aliphatic heterocycles. The van der Waals surface area contributed by atoms with Crippen LogP contribution < -0.4 is 10.6 Å². The molecule has 2 N–H and O–H groups in total. The quantitative estimate of drug-likeness (QED) is 0.836. The number of carbonyl (C=O) groups excluding carboxylic acids is 2. The summed E-state index contributed by atoms with van der Waals surface area (Å²) >= 11 is 0. The van der Waals surface area contributed by atoms with E-state index >= 15 is 0 Å². The summed E-state index contributed by atoms with van der Waals surface area (Å²) in [6, 6.07) is 7.01. The van der Waals surface area contributed by atoms with Gasteiger partial charge in [0.25, 0.3) is 0 Å². The molecule has 0 bridgehead atoms. The van der Waals surface area contributed by atoms with Gasteiger partial charge in [-0.15, -0.1) is 6.58 Å². The maximum Gasteiger partial charge on any atom is 0.321 e. The lowest BCUT2D eigenvalue weighted by molar-refractivity contribution is -0.114. The second-order valence-electron chi connectivity index (χ2n) is 5.27. The molecule has 22 heavy (non-hydrogen) atoms. The van der Waals surface area contributed by atoms with Crippen LogP contribution in [0.4, 0.5) is 16.2 Å². The Labute approximate surface area is 130 Å². The lowest BCUT2D eigenvalue weighted by Gasteiger charge is -2.34. The monoisotopic (exact) mass is 302 g/mol. The van der Waals surface area contributed by atoms with Crippen molar-refractivity contribution in [3.05, 3.63) is 36.9 Å². The second kappa shape index (κ2) is 7.61. The highest BCUT2D eigenvalue weighted by Crippen LogP contribution is 2.16. The molecule has 0 spiro atoms. The van der Waals surface area contributed by atoms with Gasteiger partial charge in [-0.25, -0.2) is 4.79 Å². The molecule has 6 nitrogen and oxygen atoms in total. The van der Waals surface area contributed by atoms with Gasteiger partial charge in [0, 0.05) is 51.0 Å². The summed E-state index contributed by atoms with van der Waals surface area (Å²) in [5, 5.41) is 5.57. The van der Waals surface area contributed by atoms with Crippen molar-refractivity contribution in [2.45, 2.75) is 6.92 Å². The van der Waals surface area contributed by atoms with E-state index in [1.165, 1.54) is 6.92 Å². The lowest BCUT2D eigenvalue weighted by atomic mass is 10.2. The molecule has 1 aromatic carbocycles. The number of carbonyl (C=O) groups is 2. The Morgan fingerprint density at radius 2 is 1.82 bits per heavy atom. The van der Waals surface area contributed by atoms with E-state index in [9.17, 15) is 9.59 Å². The second-order valence-corrected chi connectivity index (χ2v) is 5.27. The Bertz CT molecular complexity index is 551. The van der Waals surface area contributed by atoms with Crippen LogP contribution >= 0.6 is 0 Å². The smallest absolute Gasteiger partial charge is 0.321 e. The maximum absolute atomic E-state index is 12.3. The molecule has 0 atom stereocenters. The largest absolute Gasteiger partial charge is 0.326 e. The van der Waals surface area contributed by atoms with Crippen LogP contribution in [-0.2, 0) is 4.79 Å². The van der Waals surface area contributed by atoms with Crippen molar-refractivity contribution in [1.82, 2.24) is 9.80 Å². The molecule has 1 saturated heterocycles. The highest BCUT2D eigenvalue weighted by Gasteiger charge is 2.20. The van der Waals surface area contributed by atoms with Crippen molar-refractivity contribution in [3.8, 4) is 0 Å². The summed E-state index contributed by atoms with van der Waals surface area (Å²) in [6.45, 7) is 9.14. The molecule has 3 amide bonds. The van der Waals surface area contributed by atoms with Crippen LogP contribution in [0.1, 0.15) is 6.92 Å². The Morgan fingerprint density at radius 1 is 1.18 bits per heavy atom. The number of hydrogen-bond donors (Lipinski definition) is 2. The van der Waals surface area contributed by atoms with E-state index in [2.05, 4.69) is 22.1 Å². The van der Waals surface area contributed by atoms with Crippen molar-refractivity contribution >= 4 is 23.3 Å². The van der Waals surface area contributed by atoms with Crippen molar-refractivity contribution in [2.24, 2.45) is 0 Å². The van der Waals surface area contributed by atoms with Crippen LogP contribution in [0.15, 0.2) is 36.9 Å². The van der Waals surface area contributed by atoms with Crippen molar-refractivity contribution in [2.75, 3.05) is 43.4 Å². The summed E-state index contributed by atoms with van der Waals surface area (Å²) in [7, 11) is 0. The first-order valence-electron chi connectivity index (χ1n) is 7.35. The first kappa shape index (κ1) is 16.0. The maximum atomic E-state index is 12.3. The molecule has 1 aromatic rings. The highest BCUT2D eigenvalue weighted by atomic mass is 16.2. The molecule has 1 heterocycles. The fourth-order valence-corrected chi connectivity index (χ4v) is 2.40. The van der Waals surface area contributed by atoms with E-state index in [1.807, 2.05) is 6.08 Å². The third-order valence-electron chi connectivity index (χ3n) is 3.48. The molecular formula is C16H22N4O2. The van der Waals surface area contributed by atoms with Crippen molar-refractivity contribution < 1.29 is 9.59 Å². The van der Waals surface area contributed by atoms with Crippen molar-refractivity contribution in [3.63, 3.8) is 0 Å². The minimum atomic E-state index is -0.137. The summed E-state index contributed by atoms with van der Waals surface area (Å²) in [4.78, 5) is 27.4. The van der Waals surface area contributed by atoms with E-state index in [4.69, 9.17) is 0 Å². The third kappa shape index (κ3) is 4.60. The van der Waals surface area contributed by atoms with Gasteiger partial charge in [-0.2, -0.15) is 0 Å². The van der Waals surface area contributed by atoms with Gasteiger partial charge in [0.2, 0.25) is 5.91 Å². The summed E-state index contributed by atoms with van der Waals surface area (Å²) in [5.74, 6) is -0.137. The Morgan fingerprint density at radius 3 is 2.41 bits per heavy atom. The minimum absolute atomic E-state index is 0.113. The van der Waals surface area contributed by atoms with E-state index < -0.39 is 0 Å². The van der Waals surface area contributed by atoms with Crippen LogP contribution in [0.3, 0.4) is 0 Å². The molecule has 0 saturated carbocycles. The topological polar surface area (TPSA) is 64.7 Å². The van der Waals surface area contributed by atoms with Gasteiger partial charge in [0.05, 0.1) is 0 Å². The van der Waals surface area contributed by atoms with Gasteiger partial charge in [-0.1, -0.05) is 12.1 Å². The molecule has 0 aliphatic carbocycles. The van der Waals surface area contributed by atoms with E-state index in [0.29, 0.717) is 24.5 Å². The molecule has 118 valence electrons. The van der Waals surface area contributed by atoms with E-state index in [0.717, 1.165) is 19.6 Å². The van der Waals surface area contributed by atoms with Crippen LogP contribution in [0.2, 0.25) is 0 Å². The SMILES string of the molecule is C=CCN1CCN(C(=O)Nc2cccc(NC(C)=O)c2)CC1. The first-order valence-corrected chi connectivity index (χ1v) is 7.35. The zero-order valence-electron chi connectivity index (χ0n) is 12.8. The molecule has 0 aromatic heterocycles. The van der Waals surface area contributed by atoms with E-state index in [1.54, 1.807) is 29.2 Å². The Balaban J connectivity index is 1.89. The zero-order chi connectivity index (χ0) is 15.9. The molecule has 0 unspecified atom stereocenters. The first-order chi connectivity index (χ1) is 10.6. The average molecular weight is 302 g/mol. The predicted octanol–water partition coefficient (Wildman–Crippen LogP) is 1.98. The summed E-state index contributed by atoms with van der Waals surface area (Å²) in [6.07, 6.45) is 1.88. The number of amides is 3. The normalized spacial score (nSPS) is 15.2. The van der Waals surface area contributed by atoms with Crippen LogP contribution in [0.25, 0.3) is 0 Å². The van der Waals surface area contributed by atoms with Crippen LogP contribution in [0.5, 0.6) is 0 Å². The summed E-state index contributed by atoms with van der Waals surface area (Å²) < 4.78 is 0. The molecule has 6 heteroatoms. The molecule has 2 rings (SSSR count). The fourth-order valence-electron chi connectivity index (χ4n) is 2.40. The Hall–Kier alpha value is -2.34. The number of rotatable bonds is 4. The number of hydrogen-bond acceptors (Lipinski definition) is 3. The van der Waals surface area contributed by atoms with Gasteiger partial charge in [-0.3, -0.25) is 9.69 Å². The van der Waals surface area contributed by atoms with Crippen molar-refractivity contribution in [1.29, 1.82) is 0 Å². The third-order valence-corrected chi connectivity index (χ3v) is 3.48. The number of anilines is 2. The fraction of sp³-hybridized carbons (Fsp3) is 0.375. The number of nitrogens with zero attached hydrogens (tertiary/aromatic N) is 2. The minimum Gasteiger partial charge on any atom is -0.326 e. The molecule has 1 fully saturated rings. The van der Waals surface area contributed by atoms with Gasteiger partial charge in [0.1, 0.15) is 0 Å². The predicted molar refractivity (Wildman–Crippen MR) is 88.0 cm³/mol. The Kier molecular flexibility index (Phi) is 5.55. The molecule has 0 radical (unpaired) electrons. The standard InChI is InChI=1S/C16H22N4O2/c1-3-7-19-8-10-20(11-9-19)16(22)18-15-6-4-5-14(12-15)17-13(2)21/h3-6,12H,1,7-11H2,2H3,(H,17,21)(H,18,22). The van der Waals surface area contributed by atoms with Gasteiger partial charge in [-0.05, 0) is 18.2 Å². The molecule has 1 aliphatic rings. The number of benzene rings is 1. The lowest BCUT2D eigenvalue weighted by Crippen LogP contribution is -2.49. The summed E-state index contributed by atoms with van der Waals surface area (Å²) in [5.41, 5.74) is 1.34. The van der Waals surface area contributed by atoms with Gasteiger partial charge < -0.3 is 15.5 Å². The highest BCUT2D eigenvalue weighted by molar-refractivity contribution is 5.92. The number of piperazine rings is 1. The van der Waals surface area contributed by atoms with Crippen LogP contribution in [-0.4, -0.2) is 54.5 Å². The van der Waals surface area contributed by atoms with Gasteiger partial charge >= 0.3 is 6.03 Å². The molecular weight excluding hydrogens is 280 g/mol. The van der Waals surface area contributed by atoms with Gasteiger partial charge in [0.15, 0.2) is 0 Å². The number of urea groups is 1. The van der Waals surface area contributed by atoms with Crippen LogP contribution in [0, 0.1) is 0 Å².